The molecule has 0 spiro atoms. The molecule has 1 heterocycles. The number of benzene rings is 1. The number of rotatable bonds is 7. The van der Waals surface area contributed by atoms with Gasteiger partial charge in [0.2, 0.25) is 0 Å². The average molecular weight is 421 g/mol. The predicted octanol–water partition coefficient (Wildman–Crippen LogP) is 3.84. The van der Waals surface area contributed by atoms with Gasteiger partial charge in [0.25, 0.3) is 5.91 Å². The highest BCUT2D eigenvalue weighted by Gasteiger charge is 2.31. The van der Waals surface area contributed by atoms with Crippen LogP contribution in [0.2, 0.25) is 5.02 Å². The number of nitrogens with zero attached hydrogens (tertiary/aromatic N) is 1. The molecule has 0 aliphatic rings. The zero-order valence-electron chi connectivity index (χ0n) is 14.1. The predicted molar refractivity (Wildman–Crippen MR) is 90.3 cm³/mol. The van der Waals surface area contributed by atoms with Crippen LogP contribution in [0.1, 0.15) is 12.0 Å². The molecule has 1 amide bonds. The van der Waals surface area contributed by atoms with Crippen LogP contribution < -0.4 is 10.1 Å². The summed E-state index contributed by atoms with van der Waals surface area (Å²) in [6, 6.07) is 6.22. The Hall–Kier alpha value is -2.88. The summed E-state index contributed by atoms with van der Waals surface area (Å²) in [5, 5.41) is 1.70. The Kier molecular flexibility index (Phi) is 7.16. The third kappa shape index (κ3) is 6.38. The van der Waals surface area contributed by atoms with E-state index in [4.69, 9.17) is 16.3 Å². The highest BCUT2D eigenvalue weighted by atomic mass is 35.5. The molecule has 0 saturated carbocycles. The van der Waals surface area contributed by atoms with Crippen LogP contribution in [0.25, 0.3) is 0 Å². The molecular weight excluding hydrogens is 408 g/mol. The van der Waals surface area contributed by atoms with Gasteiger partial charge in [-0.15, -0.1) is 0 Å². The summed E-state index contributed by atoms with van der Waals surface area (Å²) in [4.78, 5) is 26.7. The van der Waals surface area contributed by atoms with Gasteiger partial charge in [0, 0.05) is 6.20 Å². The van der Waals surface area contributed by atoms with Gasteiger partial charge >= 0.3 is 12.1 Å². The first-order valence-electron chi connectivity index (χ1n) is 7.72. The fourth-order valence-electron chi connectivity index (χ4n) is 1.88. The third-order valence-corrected chi connectivity index (χ3v) is 3.48. The Morgan fingerprint density at radius 1 is 1.21 bits per heavy atom. The third-order valence-electron chi connectivity index (χ3n) is 3.19. The summed E-state index contributed by atoms with van der Waals surface area (Å²) in [5.41, 5.74) is -1.07. The monoisotopic (exact) mass is 420 g/mol. The quantitative estimate of drug-likeness (QED) is 0.544. The van der Waals surface area contributed by atoms with Gasteiger partial charge in [0.15, 0.2) is 24.0 Å². The molecule has 0 unspecified atom stereocenters. The first-order valence-corrected chi connectivity index (χ1v) is 8.10. The number of hydrogen-bond donors (Lipinski definition) is 1. The molecule has 2 rings (SSSR count). The first kappa shape index (κ1) is 21.4. The van der Waals surface area contributed by atoms with Crippen LogP contribution in [0.3, 0.4) is 0 Å². The van der Waals surface area contributed by atoms with Crippen molar-refractivity contribution in [3.05, 3.63) is 52.9 Å². The van der Waals surface area contributed by atoms with Crippen LogP contribution >= 0.6 is 11.6 Å². The molecular formula is C17H13ClF4N2O4. The normalized spacial score (nSPS) is 11.0. The highest BCUT2D eigenvalue weighted by Crippen LogP contribution is 2.32. The lowest BCUT2D eigenvalue weighted by molar-refractivity contribution is -0.147. The van der Waals surface area contributed by atoms with Gasteiger partial charge in [-0.3, -0.25) is 9.59 Å². The number of esters is 1. The van der Waals surface area contributed by atoms with E-state index in [1.807, 2.05) is 0 Å². The van der Waals surface area contributed by atoms with E-state index in [1.54, 1.807) is 6.07 Å². The van der Waals surface area contributed by atoms with Crippen LogP contribution in [0.15, 0.2) is 36.5 Å². The largest absolute Gasteiger partial charge is 0.490 e. The average Bonchev–Trinajstić information content (AvgIpc) is 2.62. The Balaban J connectivity index is 1.76. The van der Waals surface area contributed by atoms with Gasteiger partial charge in [-0.25, -0.2) is 9.37 Å². The molecule has 0 atom stereocenters. The molecule has 6 nitrogen and oxygen atoms in total. The van der Waals surface area contributed by atoms with Gasteiger partial charge in [0.05, 0.1) is 23.6 Å². The topological polar surface area (TPSA) is 77.5 Å². The molecule has 28 heavy (non-hydrogen) atoms. The number of ether oxygens (including phenoxy) is 2. The molecule has 1 aromatic heterocycles. The summed E-state index contributed by atoms with van der Waals surface area (Å²) < 4.78 is 60.7. The molecule has 0 aliphatic carbocycles. The van der Waals surface area contributed by atoms with Crippen molar-refractivity contribution in [2.75, 3.05) is 18.5 Å². The zero-order valence-corrected chi connectivity index (χ0v) is 14.8. The molecule has 1 aromatic carbocycles. The van der Waals surface area contributed by atoms with Crippen LogP contribution in [0, 0.1) is 5.82 Å². The van der Waals surface area contributed by atoms with E-state index in [0.717, 1.165) is 0 Å². The molecule has 0 bridgehead atoms. The molecule has 2 aromatic rings. The number of aromatic nitrogens is 1. The lowest BCUT2D eigenvalue weighted by Crippen LogP contribution is -2.22. The Bertz CT molecular complexity index is 861. The number of para-hydroxylation sites is 1. The maximum atomic E-state index is 13.3. The van der Waals surface area contributed by atoms with Crippen molar-refractivity contribution >= 4 is 29.3 Å². The minimum atomic E-state index is -4.63. The summed E-state index contributed by atoms with van der Waals surface area (Å²) >= 11 is 5.65. The number of carbonyl (C=O) groups excluding carboxylic acids is 2. The second kappa shape index (κ2) is 9.36. The Morgan fingerprint density at radius 3 is 2.57 bits per heavy atom. The van der Waals surface area contributed by atoms with E-state index >= 15 is 0 Å². The summed E-state index contributed by atoms with van der Waals surface area (Å²) in [6.45, 7) is -0.884. The van der Waals surface area contributed by atoms with E-state index in [9.17, 15) is 27.2 Å². The van der Waals surface area contributed by atoms with E-state index in [1.165, 1.54) is 18.2 Å². The standard InChI is InChI=1S/C17H13ClF4N2O4/c18-11-7-10(17(20,21)22)8-23-16(11)24-14(25)9-28-15(26)5-6-27-13-4-2-1-3-12(13)19/h1-4,7-8H,5-6,9H2,(H,23,24,25). The van der Waals surface area contributed by atoms with Gasteiger partial charge in [-0.05, 0) is 18.2 Å². The maximum Gasteiger partial charge on any atom is 0.417 e. The molecule has 11 heteroatoms. The van der Waals surface area contributed by atoms with Crippen molar-refractivity contribution in [3.8, 4) is 5.75 Å². The number of halogens is 5. The van der Waals surface area contributed by atoms with Crippen molar-refractivity contribution in [3.63, 3.8) is 0 Å². The number of anilines is 1. The summed E-state index contributed by atoms with van der Waals surface area (Å²) in [5.74, 6) is -2.57. The van der Waals surface area contributed by atoms with Crippen LogP contribution in [0.4, 0.5) is 23.4 Å². The molecule has 0 fully saturated rings. The van der Waals surface area contributed by atoms with Crippen LogP contribution in [-0.4, -0.2) is 30.1 Å². The van der Waals surface area contributed by atoms with Crippen molar-refractivity contribution in [2.24, 2.45) is 0 Å². The summed E-state index contributed by atoms with van der Waals surface area (Å²) in [7, 11) is 0. The van der Waals surface area contributed by atoms with Crippen LogP contribution in [-0.2, 0) is 20.5 Å². The van der Waals surface area contributed by atoms with E-state index in [0.29, 0.717) is 12.3 Å². The molecule has 0 saturated heterocycles. The Labute approximate surface area is 161 Å². The maximum absolute atomic E-state index is 13.3. The molecule has 1 N–H and O–H groups in total. The second-order valence-electron chi connectivity index (χ2n) is 5.29. The molecule has 0 radical (unpaired) electrons. The van der Waals surface area contributed by atoms with Crippen molar-refractivity contribution in [2.45, 2.75) is 12.6 Å². The van der Waals surface area contributed by atoms with Crippen LogP contribution in [0.5, 0.6) is 5.75 Å². The summed E-state index contributed by atoms with van der Waals surface area (Å²) in [6.07, 6.45) is -4.37. The minimum absolute atomic E-state index is 0.0314. The van der Waals surface area contributed by atoms with E-state index in [2.05, 4.69) is 15.0 Å². The number of nitrogens with one attached hydrogen (secondary N) is 1. The van der Waals surface area contributed by atoms with E-state index < -0.39 is 41.1 Å². The van der Waals surface area contributed by atoms with Crippen molar-refractivity contribution < 1.29 is 36.6 Å². The van der Waals surface area contributed by atoms with Crippen molar-refractivity contribution in [1.29, 1.82) is 0 Å². The van der Waals surface area contributed by atoms with Gasteiger partial charge in [0.1, 0.15) is 0 Å². The fourth-order valence-corrected chi connectivity index (χ4v) is 2.09. The van der Waals surface area contributed by atoms with Gasteiger partial charge in [-0.2, -0.15) is 13.2 Å². The number of carbonyl (C=O) groups is 2. The first-order chi connectivity index (χ1) is 13.2. The Morgan fingerprint density at radius 2 is 1.93 bits per heavy atom. The smallest absolute Gasteiger partial charge is 0.417 e. The van der Waals surface area contributed by atoms with E-state index in [-0.39, 0.29) is 24.6 Å². The minimum Gasteiger partial charge on any atom is -0.490 e. The zero-order chi connectivity index (χ0) is 20.7. The number of alkyl halides is 3. The lowest BCUT2D eigenvalue weighted by atomic mass is 10.3. The lowest BCUT2D eigenvalue weighted by Gasteiger charge is -2.10. The SMILES string of the molecule is O=C(COC(=O)CCOc1ccccc1F)Nc1ncc(C(F)(F)F)cc1Cl. The number of amides is 1. The second-order valence-corrected chi connectivity index (χ2v) is 5.70. The number of hydrogen-bond acceptors (Lipinski definition) is 5. The molecule has 150 valence electrons. The van der Waals surface area contributed by atoms with Gasteiger partial charge < -0.3 is 14.8 Å². The molecule has 0 aliphatic heterocycles. The fraction of sp³-hybridized carbons (Fsp3) is 0.235. The van der Waals surface area contributed by atoms with Gasteiger partial charge in [-0.1, -0.05) is 23.7 Å². The van der Waals surface area contributed by atoms with Crippen molar-refractivity contribution in [1.82, 2.24) is 4.98 Å². The number of pyridine rings is 1. The highest BCUT2D eigenvalue weighted by molar-refractivity contribution is 6.33.